The summed E-state index contributed by atoms with van der Waals surface area (Å²) in [5, 5.41) is 0. The van der Waals surface area contributed by atoms with Crippen molar-refractivity contribution >= 4 is 22.2 Å². The second-order valence-corrected chi connectivity index (χ2v) is 6.30. The number of hydrogen-bond donors (Lipinski definition) is 1. The van der Waals surface area contributed by atoms with Gasteiger partial charge in [0, 0.05) is 24.7 Å². The molecule has 0 amide bonds. The number of nitrogens with two attached hydrogens (primary N) is 1. The van der Waals surface area contributed by atoms with Gasteiger partial charge in [0.1, 0.15) is 5.82 Å². The maximum Gasteiger partial charge on any atom is 0.150 e. The lowest BCUT2D eigenvalue weighted by Gasteiger charge is -2.07. The third-order valence-corrected chi connectivity index (χ3v) is 4.57. The summed E-state index contributed by atoms with van der Waals surface area (Å²) in [5.41, 5.74) is 6.32. The van der Waals surface area contributed by atoms with Crippen LogP contribution in [0.2, 0.25) is 0 Å². The summed E-state index contributed by atoms with van der Waals surface area (Å²) < 4.78 is 22.7. The van der Waals surface area contributed by atoms with Crippen LogP contribution < -0.4 is 5.73 Å². The van der Waals surface area contributed by atoms with Gasteiger partial charge in [-0.3, -0.25) is 0 Å². The Morgan fingerprint density at radius 1 is 1.35 bits per heavy atom. The molecule has 1 saturated heterocycles. The Hall–Kier alpha value is -0.720. The van der Waals surface area contributed by atoms with E-state index in [1.54, 1.807) is 12.4 Å². The van der Waals surface area contributed by atoms with Gasteiger partial charge < -0.3 is 5.73 Å². The first kappa shape index (κ1) is 14.3. The number of nitrogens with zero attached hydrogens (tertiary/aromatic N) is 2. The summed E-state index contributed by atoms with van der Waals surface area (Å²) in [6.07, 6.45) is 4.79. The lowest BCUT2D eigenvalue weighted by Crippen LogP contribution is -2.08. The van der Waals surface area contributed by atoms with Crippen LogP contribution in [0.15, 0.2) is 12.4 Å². The molecule has 96 valence electrons. The van der Waals surface area contributed by atoms with Crippen LogP contribution in [-0.2, 0) is 16.3 Å². The van der Waals surface area contributed by atoms with Crippen molar-refractivity contribution in [1.82, 2.24) is 9.97 Å². The van der Waals surface area contributed by atoms with Crippen molar-refractivity contribution in [2.45, 2.75) is 18.8 Å². The zero-order chi connectivity index (χ0) is 11.6. The van der Waals surface area contributed by atoms with Gasteiger partial charge in [-0.1, -0.05) is 0 Å². The zero-order valence-electron chi connectivity index (χ0n) is 9.37. The Bertz CT molecular complexity index is 461. The number of halogens is 1. The fraction of sp³-hybridized carbons (Fsp3) is 0.600. The van der Waals surface area contributed by atoms with Crippen molar-refractivity contribution in [3.63, 3.8) is 0 Å². The molecule has 1 unspecified atom stereocenters. The Balaban J connectivity index is 0.00000144. The van der Waals surface area contributed by atoms with Gasteiger partial charge in [-0.05, 0) is 18.5 Å². The molecule has 1 atom stereocenters. The molecular weight excluding hydrogens is 262 g/mol. The summed E-state index contributed by atoms with van der Waals surface area (Å²) in [4.78, 5) is 8.35. The first-order valence-corrected chi connectivity index (χ1v) is 7.14. The second-order valence-electron chi connectivity index (χ2n) is 4.07. The van der Waals surface area contributed by atoms with Crippen LogP contribution >= 0.6 is 12.4 Å². The van der Waals surface area contributed by atoms with E-state index in [1.807, 2.05) is 0 Å². The van der Waals surface area contributed by atoms with Gasteiger partial charge in [0.2, 0.25) is 0 Å². The Morgan fingerprint density at radius 3 is 2.47 bits per heavy atom. The number of sulfone groups is 1. The summed E-state index contributed by atoms with van der Waals surface area (Å²) in [6.45, 7) is 0.525. The maximum atomic E-state index is 11.3. The van der Waals surface area contributed by atoms with Gasteiger partial charge in [-0.2, -0.15) is 0 Å². The fourth-order valence-corrected chi connectivity index (χ4v) is 3.67. The third kappa shape index (κ3) is 3.62. The SMILES string of the molecule is Cl.NCCc1ncc(C2CCS(=O)(=O)C2)cn1. The smallest absolute Gasteiger partial charge is 0.150 e. The highest BCUT2D eigenvalue weighted by atomic mass is 35.5. The van der Waals surface area contributed by atoms with Gasteiger partial charge in [-0.15, -0.1) is 12.4 Å². The quantitative estimate of drug-likeness (QED) is 0.859. The molecule has 0 spiro atoms. The molecule has 1 fully saturated rings. The predicted octanol–water partition coefficient (Wildman–Crippen LogP) is 0.302. The largest absolute Gasteiger partial charge is 0.330 e. The van der Waals surface area contributed by atoms with Gasteiger partial charge in [0.25, 0.3) is 0 Å². The van der Waals surface area contributed by atoms with E-state index in [0.29, 0.717) is 25.2 Å². The molecule has 0 radical (unpaired) electrons. The van der Waals surface area contributed by atoms with E-state index in [2.05, 4.69) is 9.97 Å². The third-order valence-electron chi connectivity index (χ3n) is 2.80. The van der Waals surface area contributed by atoms with Crippen LogP contribution in [-0.4, -0.2) is 36.4 Å². The number of hydrogen-bond acceptors (Lipinski definition) is 5. The summed E-state index contributed by atoms with van der Waals surface area (Å²) in [5.74, 6) is 1.29. The molecule has 1 aromatic heterocycles. The Kier molecular flexibility index (Phi) is 4.85. The van der Waals surface area contributed by atoms with Gasteiger partial charge in [0.05, 0.1) is 11.5 Å². The highest BCUT2D eigenvalue weighted by Crippen LogP contribution is 2.27. The van der Waals surface area contributed by atoms with Crippen LogP contribution in [0.3, 0.4) is 0 Å². The van der Waals surface area contributed by atoms with E-state index in [-0.39, 0.29) is 29.8 Å². The van der Waals surface area contributed by atoms with E-state index in [0.717, 1.165) is 5.56 Å². The monoisotopic (exact) mass is 277 g/mol. The Morgan fingerprint density at radius 2 is 2.00 bits per heavy atom. The standard InChI is InChI=1S/C10H15N3O2S.ClH/c11-3-1-10-12-5-9(6-13-10)8-2-4-16(14,15)7-8;/h5-6,8H,1-4,7,11H2;1H. The van der Waals surface area contributed by atoms with Crippen molar-refractivity contribution < 1.29 is 8.42 Å². The van der Waals surface area contributed by atoms with Crippen molar-refractivity contribution in [3.8, 4) is 0 Å². The van der Waals surface area contributed by atoms with Crippen molar-refractivity contribution in [2.24, 2.45) is 5.73 Å². The molecule has 0 bridgehead atoms. The molecule has 17 heavy (non-hydrogen) atoms. The minimum Gasteiger partial charge on any atom is -0.330 e. The highest BCUT2D eigenvalue weighted by molar-refractivity contribution is 7.91. The lowest BCUT2D eigenvalue weighted by atomic mass is 10.0. The molecule has 0 aromatic carbocycles. The molecule has 1 aliphatic rings. The molecular formula is C10H16ClN3O2S. The maximum absolute atomic E-state index is 11.3. The van der Waals surface area contributed by atoms with E-state index >= 15 is 0 Å². The van der Waals surface area contributed by atoms with Gasteiger partial charge in [-0.25, -0.2) is 18.4 Å². The highest BCUT2D eigenvalue weighted by Gasteiger charge is 2.29. The van der Waals surface area contributed by atoms with E-state index in [9.17, 15) is 8.42 Å². The van der Waals surface area contributed by atoms with Crippen LogP contribution in [0, 0.1) is 0 Å². The predicted molar refractivity (Wildman–Crippen MR) is 68.1 cm³/mol. The van der Waals surface area contributed by atoms with E-state index in [4.69, 9.17) is 5.73 Å². The van der Waals surface area contributed by atoms with Crippen molar-refractivity contribution in [3.05, 3.63) is 23.8 Å². The van der Waals surface area contributed by atoms with Gasteiger partial charge >= 0.3 is 0 Å². The van der Waals surface area contributed by atoms with Crippen LogP contribution in [0.5, 0.6) is 0 Å². The Labute approximate surface area is 107 Å². The van der Waals surface area contributed by atoms with Gasteiger partial charge in [0.15, 0.2) is 9.84 Å². The van der Waals surface area contributed by atoms with Crippen molar-refractivity contribution in [1.29, 1.82) is 0 Å². The summed E-state index contributed by atoms with van der Waals surface area (Å²) >= 11 is 0. The molecule has 2 heterocycles. The zero-order valence-corrected chi connectivity index (χ0v) is 11.0. The van der Waals surface area contributed by atoms with Crippen LogP contribution in [0.1, 0.15) is 23.7 Å². The van der Waals surface area contributed by atoms with Crippen LogP contribution in [0.25, 0.3) is 0 Å². The average molecular weight is 278 g/mol. The van der Waals surface area contributed by atoms with E-state index < -0.39 is 9.84 Å². The molecule has 1 aromatic rings. The normalized spacial score (nSPS) is 22.1. The topological polar surface area (TPSA) is 85.9 Å². The number of aromatic nitrogens is 2. The number of rotatable bonds is 3. The second kappa shape index (κ2) is 5.75. The molecule has 5 nitrogen and oxygen atoms in total. The fourth-order valence-electron chi connectivity index (χ4n) is 1.89. The molecule has 2 rings (SSSR count). The molecule has 0 aliphatic carbocycles. The van der Waals surface area contributed by atoms with Crippen LogP contribution in [0.4, 0.5) is 0 Å². The molecule has 2 N–H and O–H groups in total. The van der Waals surface area contributed by atoms with Crippen molar-refractivity contribution in [2.75, 3.05) is 18.1 Å². The molecule has 0 saturated carbocycles. The first-order valence-electron chi connectivity index (χ1n) is 5.32. The summed E-state index contributed by atoms with van der Waals surface area (Å²) in [6, 6.07) is 0. The first-order chi connectivity index (χ1) is 7.61. The lowest BCUT2D eigenvalue weighted by molar-refractivity contribution is 0.601. The minimum absolute atomic E-state index is 0. The van der Waals surface area contributed by atoms with E-state index in [1.165, 1.54) is 0 Å². The molecule has 7 heteroatoms. The minimum atomic E-state index is -2.84. The average Bonchev–Trinajstić information content (AvgIpc) is 2.61. The molecule has 1 aliphatic heterocycles. The summed E-state index contributed by atoms with van der Waals surface area (Å²) in [7, 11) is -2.84.